The van der Waals surface area contributed by atoms with Crippen molar-refractivity contribution in [3.8, 4) is 0 Å². The summed E-state index contributed by atoms with van der Waals surface area (Å²) in [5.74, 6) is 0. The minimum Gasteiger partial charge on any atom is -0.396 e. The topological polar surface area (TPSA) is 70.6 Å². The summed E-state index contributed by atoms with van der Waals surface area (Å²) >= 11 is 0. The van der Waals surface area contributed by atoms with Crippen molar-refractivity contribution in [2.45, 2.75) is 46.6 Å². The molecule has 0 aliphatic carbocycles. The van der Waals surface area contributed by atoms with Crippen molar-refractivity contribution in [2.75, 3.05) is 26.4 Å². The summed E-state index contributed by atoms with van der Waals surface area (Å²) in [5.41, 5.74) is 1.90. The van der Waals surface area contributed by atoms with Gasteiger partial charge in [0, 0.05) is 25.2 Å². The molecule has 1 aliphatic rings. The first-order valence-corrected chi connectivity index (χ1v) is 9.05. The summed E-state index contributed by atoms with van der Waals surface area (Å²) in [5, 5.41) is 15.8. The van der Waals surface area contributed by atoms with Crippen molar-refractivity contribution >= 4 is 6.03 Å². The van der Waals surface area contributed by atoms with Crippen LogP contribution < -0.4 is 10.6 Å². The first kappa shape index (κ1) is 19.7. The highest BCUT2D eigenvalue weighted by Crippen LogP contribution is 2.33. The van der Waals surface area contributed by atoms with Gasteiger partial charge in [-0.15, -0.1) is 0 Å². The van der Waals surface area contributed by atoms with Crippen molar-refractivity contribution in [3.05, 3.63) is 35.4 Å². The molecule has 5 heteroatoms. The molecule has 2 rings (SSSR count). The summed E-state index contributed by atoms with van der Waals surface area (Å²) in [6.07, 6.45) is 1.54. The van der Waals surface area contributed by atoms with Gasteiger partial charge in [0.15, 0.2) is 0 Å². The van der Waals surface area contributed by atoms with E-state index in [1.807, 2.05) is 6.07 Å². The van der Waals surface area contributed by atoms with Crippen LogP contribution in [0, 0.1) is 17.8 Å². The van der Waals surface area contributed by atoms with Crippen LogP contribution >= 0.6 is 0 Å². The molecule has 140 valence electrons. The minimum absolute atomic E-state index is 0.0667. The molecule has 0 spiro atoms. The Hall–Kier alpha value is -1.59. The van der Waals surface area contributed by atoms with Crippen LogP contribution in [0.2, 0.25) is 0 Å². The monoisotopic (exact) mass is 348 g/mol. The summed E-state index contributed by atoms with van der Waals surface area (Å²) in [6, 6.07) is 7.96. The molecule has 1 aromatic carbocycles. The van der Waals surface area contributed by atoms with E-state index in [1.54, 1.807) is 0 Å². The molecule has 25 heavy (non-hydrogen) atoms. The zero-order valence-corrected chi connectivity index (χ0v) is 15.9. The molecule has 1 fully saturated rings. The van der Waals surface area contributed by atoms with E-state index in [4.69, 9.17) is 4.74 Å². The smallest absolute Gasteiger partial charge is 0.315 e. The third kappa shape index (κ3) is 5.44. The molecule has 0 saturated carbocycles. The Morgan fingerprint density at radius 3 is 2.56 bits per heavy atom. The Balaban J connectivity index is 2.02. The largest absolute Gasteiger partial charge is 0.396 e. The standard InChI is InChI=1S/C20H32N2O3/c1-15-6-5-7-16(12-15)17(19(2,3)4)22-18(24)21-13-20(14-23)8-10-25-11-9-20/h5-7,12,17,23H,8-11,13-14H2,1-4H3,(H2,21,22,24)/t17-/m1/s1. The number of rotatable bonds is 5. The first-order chi connectivity index (χ1) is 11.8. The highest BCUT2D eigenvalue weighted by atomic mass is 16.5. The fraction of sp³-hybridized carbons (Fsp3) is 0.650. The van der Waals surface area contributed by atoms with Crippen LogP contribution in [0.25, 0.3) is 0 Å². The molecule has 0 aromatic heterocycles. The number of urea groups is 1. The van der Waals surface area contributed by atoms with Gasteiger partial charge in [-0.3, -0.25) is 0 Å². The molecule has 5 nitrogen and oxygen atoms in total. The van der Waals surface area contributed by atoms with Crippen LogP contribution in [0.5, 0.6) is 0 Å². The Labute approximate surface area is 151 Å². The van der Waals surface area contributed by atoms with Gasteiger partial charge in [-0.05, 0) is 30.7 Å². The SMILES string of the molecule is Cc1cccc([C@@H](NC(=O)NCC2(CO)CCOCC2)C(C)(C)C)c1. The van der Waals surface area contributed by atoms with Crippen LogP contribution in [-0.4, -0.2) is 37.5 Å². The van der Waals surface area contributed by atoms with Gasteiger partial charge in [-0.2, -0.15) is 0 Å². The molecule has 0 unspecified atom stereocenters. The number of aryl methyl sites for hydroxylation is 1. The van der Waals surface area contributed by atoms with Crippen molar-refractivity contribution in [1.82, 2.24) is 10.6 Å². The Morgan fingerprint density at radius 2 is 2.00 bits per heavy atom. The lowest BCUT2D eigenvalue weighted by atomic mass is 9.81. The van der Waals surface area contributed by atoms with Gasteiger partial charge in [0.05, 0.1) is 12.6 Å². The normalized spacial score (nSPS) is 18.4. The molecule has 1 heterocycles. The van der Waals surface area contributed by atoms with Crippen LogP contribution in [0.15, 0.2) is 24.3 Å². The molecule has 1 aromatic rings. The molecule has 3 N–H and O–H groups in total. The minimum atomic E-state index is -0.268. The predicted molar refractivity (Wildman–Crippen MR) is 99.5 cm³/mol. The lowest BCUT2D eigenvalue weighted by Crippen LogP contribution is -2.48. The highest BCUT2D eigenvalue weighted by Gasteiger charge is 2.33. The lowest BCUT2D eigenvalue weighted by Gasteiger charge is -2.36. The molecule has 1 aliphatic heterocycles. The highest BCUT2D eigenvalue weighted by molar-refractivity contribution is 5.74. The van der Waals surface area contributed by atoms with Gasteiger partial charge >= 0.3 is 6.03 Å². The zero-order chi connectivity index (χ0) is 18.5. The van der Waals surface area contributed by atoms with Gasteiger partial charge in [-0.25, -0.2) is 4.79 Å². The first-order valence-electron chi connectivity index (χ1n) is 9.05. The number of hydrogen-bond donors (Lipinski definition) is 3. The van der Waals surface area contributed by atoms with Crippen molar-refractivity contribution in [2.24, 2.45) is 10.8 Å². The quantitative estimate of drug-likeness (QED) is 0.765. The summed E-state index contributed by atoms with van der Waals surface area (Å²) in [6.45, 7) is 10.2. The molecule has 0 bridgehead atoms. The Morgan fingerprint density at radius 1 is 1.32 bits per heavy atom. The number of nitrogens with one attached hydrogen (secondary N) is 2. The number of carbonyl (C=O) groups excluding carboxylic acids is 1. The second-order valence-corrected chi connectivity index (χ2v) is 8.31. The second-order valence-electron chi connectivity index (χ2n) is 8.31. The molecular formula is C20H32N2O3. The van der Waals surface area contributed by atoms with Gasteiger partial charge < -0.3 is 20.5 Å². The second kappa shape index (κ2) is 8.19. The molecule has 1 atom stereocenters. The van der Waals surface area contributed by atoms with E-state index in [0.29, 0.717) is 19.8 Å². The summed E-state index contributed by atoms with van der Waals surface area (Å²) in [7, 11) is 0. The molecule has 2 amide bonds. The van der Waals surface area contributed by atoms with Crippen molar-refractivity contribution in [1.29, 1.82) is 0 Å². The van der Waals surface area contributed by atoms with Crippen LogP contribution in [0.1, 0.15) is 50.8 Å². The fourth-order valence-electron chi connectivity index (χ4n) is 3.29. The summed E-state index contributed by atoms with van der Waals surface area (Å²) in [4.78, 5) is 12.5. The number of aliphatic hydroxyl groups is 1. The molecule has 1 saturated heterocycles. The average Bonchev–Trinajstić information content (AvgIpc) is 2.57. The van der Waals surface area contributed by atoms with Crippen molar-refractivity contribution < 1.29 is 14.6 Å². The van der Waals surface area contributed by atoms with E-state index >= 15 is 0 Å². The number of benzene rings is 1. The summed E-state index contributed by atoms with van der Waals surface area (Å²) < 4.78 is 5.37. The van der Waals surface area contributed by atoms with Gasteiger partial charge in [0.25, 0.3) is 0 Å². The van der Waals surface area contributed by atoms with Crippen LogP contribution in [-0.2, 0) is 4.74 Å². The van der Waals surface area contributed by atoms with Crippen LogP contribution in [0.3, 0.4) is 0 Å². The number of aliphatic hydroxyl groups excluding tert-OH is 1. The number of amides is 2. The third-order valence-corrected chi connectivity index (χ3v) is 5.03. The predicted octanol–water partition coefficient (Wildman–Crippen LogP) is 3.17. The molecular weight excluding hydrogens is 316 g/mol. The van der Waals surface area contributed by atoms with Gasteiger partial charge in [0.2, 0.25) is 0 Å². The maximum atomic E-state index is 12.5. The lowest BCUT2D eigenvalue weighted by molar-refractivity contribution is -0.0139. The fourth-order valence-corrected chi connectivity index (χ4v) is 3.29. The van der Waals surface area contributed by atoms with Crippen LogP contribution in [0.4, 0.5) is 4.79 Å². The number of hydrogen-bond acceptors (Lipinski definition) is 3. The zero-order valence-electron chi connectivity index (χ0n) is 15.9. The van der Waals surface area contributed by atoms with Gasteiger partial charge in [-0.1, -0.05) is 50.6 Å². The number of carbonyl (C=O) groups is 1. The Kier molecular flexibility index (Phi) is 6.47. The molecule has 0 radical (unpaired) electrons. The van der Waals surface area contributed by atoms with E-state index in [1.165, 1.54) is 5.56 Å². The maximum Gasteiger partial charge on any atom is 0.315 e. The van der Waals surface area contributed by atoms with E-state index in [9.17, 15) is 9.90 Å². The third-order valence-electron chi connectivity index (χ3n) is 5.03. The van der Waals surface area contributed by atoms with E-state index < -0.39 is 0 Å². The van der Waals surface area contributed by atoms with Crippen molar-refractivity contribution in [3.63, 3.8) is 0 Å². The van der Waals surface area contributed by atoms with E-state index in [0.717, 1.165) is 18.4 Å². The van der Waals surface area contributed by atoms with E-state index in [2.05, 4.69) is 56.5 Å². The van der Waals surface area contributed by atoms with Gasteiger partial charge in [0.1, 0.15) is 0 Å². The Bertz CT molecular complexity index is 575. The van der Waals surface area contributed by atoms with E-state index in [-0.39, 0.29) is 29.5 Å². The number of ether oxygens (including phenoxy) is 1. The maximum absolute atomic E-state index is 12.5. The average molecular weight is 348 g/mol.